The lowest BCUT2D eigenvalue weighted by Crippen LogP contribution is -2.04. The summed E-state index contributed by atoms with van der Waals surface area (Å²) in [6, 6.07) is 8.21. The molecule has 2 aromatic rings. The predicted octanol–water partition coefficient (Wildman–Crippen LogP) is 3.25. The SMILES string of the molecule is CNCc1ccc(Sc2cc(C)nn2C)c(Cl)c1. The molecule has 18 heavy (non-hydrogen) atoms. The summed E-state index contributed by atoms with van der Waals surface area (Å²) in [6.45, 7) is 2.82. The number of hydrogen-bond acceptors (Lipinski definition) is 3. The van der Waals surface area contributed by atoms with Crippen molar-refractivity contribution in [3.8, 4) is 0 Å². The number of aromatic nitrogens is 2. The number of nitrogens with zero attached hydrogens (tertiary/aromatic N) is 2. The van der Waals surface area contributed by atoms with Gasteiger partial charge >= 0.3 is 0 Å². The normalized spacial score (nSPS) is 10.9. The molecule has 0 radical (unpaired) electrons. The number of benzene rings is 1. The lowest BCUT2D eigenvalue weighted by atomic mass is 10.2. The van der Waals surface area contributed by atoms with Crippen LogP contribution in [-0.4, -0.2) is 16.8 Å². The molecule has 0 aliphatic heterocycles. The first-order chi connectivity index (χ1) is 8.60. The zero-order valence-corrected chi connectivity index (χ0v) is 12.3. The van der Waals surface area contributed by atoms with Gasteiger partial charge in [-0.1, -0.05) is 29.4 Å². The lowest BCUT2D eigenvalue weighted by Gasteiger charge is -2.06. The van der Waals surface area contributed by atoms with Crippen LogP contribution in [0.15, 0.2) is 34.2 Å². The van der Waals surface area contributed by atoms with Crippen LogP contribution in [-0.2, 0) is 13.6 Å². The highest BCUT2D eigenvalue weighted by Gasteiger charge is 2.08. The van der Waals surface area contributed by atoms with Gasteiger partial charge in [-0.05, 0) is 37.7 Å². The molecule has 0 spiro atoms. The van der Waals surface area contributed by atoms with E-state index in [4.69, 9.17) is 11.6 Å². The third-order valence-corrected chi connectivity index (χ3v) is 4.14. The van der Waals surface area contributed by atoms with Crippen LogP contribution in [0, 0.1) is 6.92 Å². The average molecular weight is 282 g/mol. The molecule has 0 saturated carbocycles. The van der Waals surface area contributed by atoms with Crippen LogP contribution in [0.3, 0.4) is 0 Å². The van der Waals surface area contributed by atoms with Gasteiger partial charge in [0.1, 0.15) is 0 Å². The third-order valence-electron chi connectivity index (χ3n) is 2.55. The van der Waals surface area contributed by atoms with E-state index in [9.17, 15) is 0 Å². The van der Waals surface area contributed by atoms with Crippen molar-refractivity contribution < 1.29 is 0 Å². The van der Waals surface area contributed by atoms with Gasteiger partial charge in [0.2, 0.25) is 0 Å². The molecule has 5 heteroatoms. The predicted molar refractivity (Wildman–Crippen MR) is 76.3 cm³/mol. The first-order valence-corrected chi connectivity index (χ1v) is 6.91. The van der Waals surface area contributed by atoms with Gasteiger partial charge in [-0.3, -0.25) is 4.68 Å². The number of hydrogen-bond donors (Lipinski definition) is 1. The molecule has 1 heterocycles. The highest BCUT2D eigenvalue weighted by molar-refractivity contribution is 7.99. The second-order valence-corrected chi connectivity index (χ2v) is 5.61. The van der Waals surface area contributed by atoms with E-state index in [1.165, 1.54) is 5.56 Å². The summed E-state index contributed by atoms with van der Waals surface area (Å²) in [5.41, 5.74) is 2.20. The Labute approximate surface area is 117 Å². The Kier molecular flexibility index (Phi) is 4.32. The molecule has 1 aromatic heterocycles. The third kappa shape index (κ3) is 3.07. The molecule has 0 unspecified atom stereocenters. The first-order valence-electron chi connectivity index (χ1n) is 5.71. The van der Waals surface area contributed by atoms with Crippen LogP contribution in [0.1, 0.15) is 11.3 Å². The first kappa shape index (κ1) is 13.5. The molecular weight excluding hydrogens is 266 g/mol. The van der Waals surface area contributed by atoms with Gasteiger partial charge in [0.05, 0.1) is 15.7 Å². The Morgan fingerprint density at radius 2 is 2.17 bits per heavy atom. The van der Waals surface area contributed by atoms with Crippen molar-refractivity contribution in [2.45, 2.75) is 23.4 Å². The Morgan fingerprint density at radius 3 is 2.72 bits per heavy atom. The maximum Gasteiger partial charge on any atom is 0.0987 e. The molecule has 0 bridgehead atoms. The zero-order valence-electron chi connectivity index (χ0n) is 10.7. The molecule has 3 nitrogen and oxygen atoms in total. The molecule has 1 aromatic carbocycles. The van der Waals surface area contributed by atoms with Crippen LogP contribution in [0.5, 0.6) is 0 Å². The summed E-state index contributed by atoms with van der Waals surface area (Å²) >= 11 is 7.93. The van der Waals surface area contributed by atoms with E-state index >= 15 is 0 Å². The molecule has 0 aliphatic carbocycles. The highest BCUT2D eigenvalue weighted by atomic mass is 35.5. The van der Waals surface area contributed by atoms with Gasteiger partial charge in [-0.2, -0.15) is 5.10 Å². The second kappa shape index (κ2) is 5.78. The number of aryl methyl sites for hydroxylation is 2. The number of nitrogens with one attached hydrogen (secondary N) is 1. The quantitative estimate of drug-likeness (QED) is 0.933. The molecule has 0 atom stereocenters. The Morgan fingerprint density at radius 1 is 1.39 bits per heavy atom. The van der Waals surface area contributed by atoms with E-state index in [1.54, 1.807) is 11.8 Å². The molecule has 96 valence electrons. The molecule has 0 saturated heterocycles. The monoisotopic (exact) mass is 281 g/mol. The van der Waals surface area contributed by atoms with Gasteiger partial charge < -0.3 is 5.32 Å². The number of halogens is 1. The van der Waals surface area contributed by atoms with Crippen molar-refractivity contribution in [2.24, 2.45) is 7.05 Å². The fourth-order valence-corrected chi connectivity index (χ4v) is 2.98. The largest absolute Gasteiger partial charge is 0.316 e. The number of rotatable bonds is 4. The van der Waals surface area contributed by atoms with E-state index < -0.39 is 0 Å². The van der Waals surface area contributed by atoms with Gasteiger partial charge in [0.15, 0.2) is 0 Å². The highest BCUT2D eigenvalue weighted by Crippen LogP contribution is 2.33. The molecule has 0 amide bonds. The molecule has 0 fully saturated rings. The maximum absolute atomic E-state index is 6.30. The van der Waals surface area contributed by atoms with Crippen LogP contribution in [0.4, 0.5) is 0 Å². The van der Waals surface area contributed by atoms with Crippen molar-refractivity contribution in [1.29, 1.82) is 0 Å². The molecular formula is C13H16ClN3S. The fraction of sp³-hybridized carbons (Fsp3) is 0.308. The smallest absolute Gasteiger partial charge is 0.0987 e. The molecule has 2 rings (SSSR count). The van der Waals surface area contributed by atoms with Crippen molar-refractivity contribution in [3.63, 3.8) is 0 Å². The standard InChI is InChI=1S/C13H16ClN3S/c1-9-6-13(17(3)16-9)18-12-5-4-10(8-15-2)7-11(12)14/h4-7,15H,8H2,1-3H3. The van der Waals surface area contributed by atoms with Gasteiger partial charge in [-0.15, -0.1) is 0 Å². The summed E-state index contributed by atoms with van der Waals surface area (Å²) in [6.07, 6.45) is 0. The topological polar surface area (TPSA) is 29.9 Å². The maximum atomic E-state index is 6.30. The van der Waals surface area contributed by atoms with Gasteiger partial charge in [0, 0.05) is 18.5 Å². The van der Waals surface area contributed by atoms with Gasteiger partial charge in [-0.25, -0.2) is 0 Å². The van der Waals surface area contributed by atoms with Crippen LogP contribution < -0.4 is 5.32 Å². The van der Waals surface area contributed by atoms with E-state index in [1.807, 2.05) is 31.8 Å². The zero-order chi connectivity index (χ0) is 13.1. The molecule has 0 aliphatic rings. The Balaban J connectivity index is 2.21. The summed E-state index contributed by atoms with van der Waals surface area (Å²) < 4.78 is 1.87. The Bertz CT molecular complexity index is 551. The van der Waals surface area contributed by atoms with Crippen molar-refractivity contribution in [2.75, 3.05) is 7.05 Å². The molecule has 1 N–H and O–H groups in total. The van der Waals surface area contributed by atoms with Crippen molar-refractivity contribution in [3.05, 3.63) is 40.5 Å². The van der Waals surface area contributed by atoms with E-state index in [0.29, 0.717) is 0 Å². The van der Waals surface area contributed by atoms with Crippen LogP contribution in [0.25, 0.3) is 0 Å². The summed E-state index contributed by atoms with van der Waals surface area (Å²) in [5, 5.41) is 9.32. The van der Waals surface area contributed by atoms with E-state index in [-0.39, 0.29) is 0 Å². The van der Waals surface area contributed by atoms with E-state index in [2.05, 4.69) is 28.6 Å². The van der Waals surface area contributed by atoms with Crippen LogP contribution in [0.2, 0.25) is 5.02 Å². The summed E-state index contributed by atoms with van der Waals surface area (Å²) in [5.74, 6) is 0. The van der Waals surface area contributed by atoms with Crippen molar-refractivity contribution in [1.82, 2.24) is 15.1 Å². The Hall–Kier alpha value is -0.970. The van der Waals surface area contributed by atoms with Gasteiger partial charge in [0.25, 0.3) is 0 Å². The minimum atomic E-state index is 0.784. The minimum Gasteiger partial charge on any atom is -0.316 e. The second-order valence-electron chi connectivity index (χ2n) is 4.14. The lowest BCUT2D eigenvalue weighted by molar-refractivity contribution is 0.692. The minimum absolute atomic E-state index is 0.784. The van der Waals surface area contributed by atoms with Crippen LogP contribution >= 0.6 is 23.4 Å². The fourth-order valence-electron chi connectivity index (χ4n) is 1.74. The summed E-state index contributed by atoms with van der Waals surface area (Å²) in [4.78, 5) is 1.06. The van der Waals surface area contributed by atoms with Crippen molar-refractivity contribution >= 4 is 23.4 Å². The van der Waals surface area contributed by atoms with E-state index in [0.717, 1.165) is 27.2 Å². The summed E-state index contributed by atoms with van der Waals surface area (Å²) in [7, 11) is 3.87. The average Bonchev–Trinajstić information content (AvgIpc) is 2.62.